The van der Waals surface area contributed by atoms with Crippen LogP contribution < -0.4 is 10.1 Å². The predicted octanol–water partition coefficient (Wildman–Crippen LogP) is 2.16. The zero-order valence-corrected chi connectivity index (χ0v) is 10.3. The van der Waals surface area contributed by atoms with E-state index >= 15 is 0 Å². The molecule has 2 rings (SSSR count). The summed E-state index contributed by atoms with van der Waals surface area (Å²) in [6, 6.07) is 8.33. The second-order valence-electron chi connectivity index (χ2n) is 3.77. The van der Waals surface area contributed by atoms with Gasteiger partial charge in [0.25, 0.3) is 5.91 Å². The third-order valence-electron chi connectivity index (χ3n) is 2.56. The number of amides is 1. The summed E-state index contributed by atoms with van der Waals surface area (Å²) < 4.78 is 5.05. The van der Waals surface area contributed by atoms with Crippen molar-refractivity contribution in [3.8, 4) is 5.75 Å². The number of nitrogens with zero attached hydrogens (tertiary/aromatic N) is 1. The first-order chi connectivity index (χ1) is 9.24. The maximum absolute atomic E-state index is 12.0. The standard InChI is InChI=1S/C14H12N2O3/c1-19-12-4-2-3-10(7-12)14(18)16-13-5-6-15-8-11(13)9-17/h2-9H,1H3,(H,15,16,18). The number of benzene rings is 1. The number of nitrogens with one attached hydrogen (secondary N) is 1. The molecule has 0 radical (unpaired) electrons. The van der Waals surface area contributed by atoms with Crippen LogP contribution in [0.5, 0.6) is 5.75 Å². The molecule has 2 aromatic rings. The van der Waals surface area contributed by atoms with Crippen LogP contribution in [0.3, 0.4) is 0 Å². The van der Waals surface area contributed by atoms with Gasteiger partial charge in [-0.3, -0.25) is 14.6 Å². The fourth-order valence-corrected chi connectivity index (χ4v) is 1.57. The van der Waals surface area contributed by atoms with Gasteiger partial charge >= 0.3 is 0 Å². The third kappa shape index (κ3) is 2.95. The van der Waals surface area contributed by atoms with Crippen molar-refractivity contribution in [3.63, 3.8) is 0 Å². The third-order valence-corrected chi connectivity index (χ3v) is 2.56. The molecule has 0 aliphatic heterocycles. The number of methoxy groups -OCH3 is 1. The number of aldehydes is 1. The quantitative estimate of drug-likeness (QED) is 0.851. The van der Waals surface area contributed by atoms with Crippen molar-refractivity contribution in [1.82, 2.24) is 4.98 Å². The summed E-state index contributed by atoms with van der Waals surface area (Å²) in [5.74, 6) is 0.284. The van der Waals surface area contributed by atoms with Crippen molar-refractivity contribution in [2.45, 2.75) is 0 Å². The van der Waals surface area contributed by atoms with E-state index in [2.05, 4.69) is 10.3 Å². The Morgan fingerprint density at radius 2 is 2.21 bits per heavy atom. The van der Waals surface area contributed by atoms with Crippen LogP contribution in [0.1, 0.15) is 20.7 Å². The van der Waals surface area contributed by atoms with Gasteiger partial charge in [-0.2, -0.15) is 0 Å². The lowest BCUT2D eigenvalue weighted by Gasteiger charge is -2.08. The molecular formula is C14H12N2O3. The highest BCUT2D eigenvalue weighted by atomic mass is 16.5. The van der Waals surface area contributed by atoms with E-state index < -0.39 is 0 Å². The Labute approximate surface area is 110 Å². The monoisotopic (exact) mass is 256 g/mol. The minimum atomic E-state index is -0.312. The van der Waals surface area contributed by atoms with Gasteiger partial charge in [0.05, 0.1) is 18.4 Å². The fourth-order valence-electron chi connectivity index (χ4n) is 1.57. The molecular weight excluding hydrogens is 244 g/mol. The van der Waals surface area contributed by atoms with Crippen molar-refractivity contribution in [2.75, 3.05) is 12.4 Å². The van der Waals surface area contributed by atoms with E-state index in [4.69, 9.17) is 4.74 Å². The topological polar surface area (TPSA) is 68.3 Å². The van der Waals surface area contributed by atoms with Gasteiger partial charge in [0, 0.05) is 18.0 Å². The molecule has 1 amide bonds. The highest BCUT2D eigenvalue weighted by Gasteiger charge is 2.09. The number of anilines is 1. The number of rotatable bonds is 4. The molecule has 19 heavy (non-hydrogen) atoms. The lowest BCUT2D eigenvalue weighted by Crippen LogP contribution is -2.13. The number of hydrogen-bond donors (Lipinski definition) is 1. The van der Waals surface area contributed by atoms with Crippen LogP contribution in [0.2, 0.25) is 0 Å². The maximum atomic E-state index is 12.0. The van der Waals surface area contributed by atoms with Crippen LogP contribution in [0.25, 0.3) is 0 Å². The Kier molecular flexibility index (Phi) is 3.87. The Morgan fingerprint density at radius 1 is 1.37 bits per heavy atom. The molecule has 0 aliphatic carbocycles. The van der Waals surface area contributed by atoms with Crippen molar-refractivity contribution in [3.05, 3.63) is 53.9 Å². The summed E-state index contributed by atoms with van der Waals surface area (Å²) in [5.41, 5.74) is 1.21. The van der Waals surface area contributed by atoms with Gasteiger partial charge in [0.15, 0.2) is 6.29 Å². The molecule has 0 saturated heterocycles. The number of carbonyl (C=O) groups is 2. The molecule has 0 atom stereocenters. The van der Waals surface area contributed by atoms with Crippen LogP contribution in [-0.4, -0.2) is 24.3 Å². The average molecular weight is 256 g/mol. The highest BCUT2D eigenvalue weighted by molar-refractivity contribution is 6.06. The number of hydrogen-bond acceptors (Lipinski definition) is 4. The summed E-state index contributed by atoms with van der Waals surface area (Å²) in [4.78, 5) is 26.7. The average Bonchev–Trinajstić information content (AvgIpc) is 2.47. The first-order valence-corrected chi connectivity index (χ1v) is 5.59. The summed E-state index contributed by atoms with van der Waals surface area (Å²) in [6.45, 7) is 0. The Balaban J connectivity index is 2.23. The first kappa shape index (κ1) is 12.8. The smallest absolute Gasteiger partial charge is 0.255 e. The van der Waals surface area contributed by atoms with Crippen molar-refractivity contribution >= 4 is 17.9 Å². The number of aromatic nitrogens is 1. The van der Waals surface area contributed by atoms with E-state index in [9.17, 15) is 9.59 Å². The zero-order valence-electron chi connectivity index (χ0n) is 10.3. The van der Waals surface area contributed by atoms with Gasteiger partial charge in [0.2, 0.25) is 0 Å². The van der Waals surface area contributed by atoms with E-state index in [1.54, 1.807) is 30.3 Å². The molecule has 0 aliphatic rings. The SMILES string of the molecule is COc1cccc(C(=O)Nc2ccncc2C=O)c1. The van der Waals surface area contributed by atoms with Gasteiger partial charge < -0.3 is 10.1 Å². The highest BCUT2D eigenvalue weighted by Crippen LogP contribution is 2.16. The van der Waals surface area contributed by atoms with Crippen LogP contribution in [-0.2, 0) is 0 Å². The lowest BCUT2D eigenvalue weighted by molar-refractivity contribution is 0.102. The summed E-state index contributed by atoms with van der Waals surface area (Å²) in [5, 5.41) is 2.66. The zero-order chi connectivity index (χ0) is 13.7. The summed E-state index contributed by atoms with van der Waals surface area (Å²) in [7, 11) is 1.53. The molecule has 5 heteroatoms. The minimum Gasteiger partial charge on any atom is -0.497 e. The van der Waals surface area contributed by atoms with Crippen molar-refractivity contribution in [2.24, 2.45) is 0 Å². The summed E-state index contributed by atoms with van der Waals surface area (Å²) in [6.07, 6.45) is 3.55. The molecule has 0 spiro atoms. The fraction of sp³-hybridized carbons (Fsp3) is 0.0714. The molecule has 1 heterocycles. The largest absolute Gasteiger partial charge is 0.497 e. The molecule has 0 fully saturated rings. The Hall–Kier alpha value is -2.69. The minimum absolute atomic E-state index is 0.312. The summed E-state index contributed by atoms with van der Waals surface area (Å²) >= 11 is 0. The van der Waals surface area contributed by atoms with Gasteiger partial charge in [0.1, 0.15) is 5.75 Å². The molecule has 5 nitrogen and oxygen atoms in total. The van der Waals surface area contributed by atoms with Crippen molar-refractivity contribution in [1.29, 1.82) is 0 Å². The normalized spacial score (nSPS) is 9.74. The van der Waals surface area contributed by atoms with Crippen LogP contribution in [0.15, 0.2) is 42.7 Å². The molecule has 0 unspecified atom stereocenters. The molecule has 1 aromatic carbocycles. The number of pyridine rings is 1. The van der Waals surface area contributed by atoms with Crippen LogP contribution in [0.4, 0.5) is 5.69 Å². The van der Waals surface area contributed by atoms with Gasteiger partial charge in [-0.25, -0.2) is 0 Å². The molecule has 0 saturated carbocycles. The van der Waals surface area contributed by atoms with Gasteiger partial charge in [-0.05, 0) is 24.3 Å². The van der Waals surface area contributed by atoms with Crippen molar-refractivity contribution < 1.29 is 14.3 Å². The van der Waals surface area contributed by atoms with E-state index in [1.807, 2.05) is 0 Å². The molecule has 1 aromatic heterocycles. The Bertz CT molecular complexity index is 611. The van der Waals surface area contributed by atoms with Gasteiger partial charge in [-0.15, -0.1) is 0 Å². The van der Waals surface area contributed by atoms with E-state index in [-0.39, 0.29) is 5.91 Å². The van der Waals surface area contributed by atoms with Crippen LogP contribution >= 0.6 is 0 Å². The first-order valence-electron chi connectivity index (χ1n) is 5.59. The molecule has 0 bridgehead atoms. The molecule has 1 N–H and O–H groups in total. The maximum Gasteiger partial charge on any atom is 0.255 e. The molecule has 96 valence electrons. The van der Waals surface area contributed by atoms with Crippen LogP contribution in [0, 0.1) is 0 Å². The Morgan fingerprint density at radius 3 is 2.95 bits per heavy atom. The van der Waals surface area contributed by atoms with E-state index in [0.29, 0.717) is 28.8 Å². The van der Waals surface area contributed by atoms with Gasteiger partial charge in [-0.1, -0.05) is 6.07 Å². The van der Waals surface area contributed by atoms with E-state index in [1.165, 1.54) is 19.5 Å². The second kappa shape index (κ2) is 5.77. The second-order valence-corrected chi connectivity index (χ2v) is 3.77. The predicted molar refractivity (Wildman–Crippen MR) is 70.6 cm³/mol. The lowest BCUT2D eigenvalue weighted by atomic mass is 10.2. The van der Waals surface area contributed by atoms with E-state index in [0.717, 1.165) is 0 Å². The number of carbonyl (C=O) groups excluding carboxylic acids is 2. The number of ether oxygens (including phenoxy) is 1.